The average molecular weight is 397 g/mol. The molecule has 0 bridgehead atoms. The number of nitrogens with one attached hydrogen (secondary N) is 1. The molecule has 2 heteroatoms. The van der Waals surface area contributed by atoms with Crippen molar-refractivity contribution in [1.82, 2.24) is 0 Å². The first-order chi connectivity index (χ1) is 14.5. The first-order valence-electron chi connectivity index (χ1n) is 10.8. The van der Waals surface area contributed by atoms with Crippen LogP contribution < -0.4 is 4.90 Å². The molecule has 4 atom stereocenters. The molecule has 0 saturated carbocycles. The molecule has 1 aliphatic heterocycles. The minimum Gasteiger partial charge on any atom is -0.376 e. The molecular formula is C28H30NO+. The maximum atomic E-state index is 12.1. The summed E-state index contributed by atoms with van der Waals surface area (Å²) in [5, 5.41) is 12.1. The third-order valence-corrected chi connectivity index (χ3v) is 6.87. The Morgan fingerprint density at radius 3 is 1.53 bits per heavy atom. The van der Waals surface area contributed by atoms with Crippen LogP contribution in [-0.4, -0.2) is 17.8 Å². The molecule has 1 aliphatic rings. The van der Waals surface area contributed by atoms with Gasteiger partial charge in [-0.3, -0.25) is 0 Å². The van der Waals surface area contributed by atoms with Crippen LogP contribution in [0.1, 0.15) is 42.6 Å². The lowest BCUT2D eigenvalue weighted by atomic mass is 9.65. The van der Waals surface area contributed by atoms with Gasteiger partial charge < -0.3 is 10.0 Å². The number of piperidine rings is 1. The average Bonchev–Trinajstić information content (AvgIpc) is 2.79. The largest absolute Gasteiger partial charge is 0.376 e. The molecule has 0 amide bonds. The lowest BCUT2D eigenvalue weighted by Gasteiger charge is -2.51. The molecule has 1 saturated heterocycles. The van der Waals surface area contributed by atoms with Crippen LogP contribution in [-0.2, 0) is 0 Å². The summed E-state index contributed by atoms with van der Waals surface area (Å²) in [6.07, 6.45) is 0. The molecule has 152 valence electrons. The van der Waals surface area contributed by atoms with Gasteiger partial charge in [-0.15, -0.1) is 0 Å². The fraction of sp³-hybridized carbons (Fsp3) is 0.286. The Kier molecular flexibility index (Phi) is 5.77. The van der Waals surface area contributed by atoms with Gasteiger partial charge in [0.05, 0.1) is 18.9 Å². The Bertz CT molecular complexity index is 966. The minimum atomic E-state index is -1.10. The number of rotatable bonds is 2. The highest BCUT2D eigenvalue weighted by molar-refractivity contribution is 5.38. The standard InChI is InChI=1S/C28H29NO/c1-21-26(24-15-9-5-10-16-24)29(3)27(25-17-11-6-12-18-25)22(2)28(21,30)20-19-23-13-7-4-8-14-23/h4-18,21-22,26-27,30H,1-3H3/p+1/t21-,22-,26-,27-/m0/s1. The van der Waals surface area contributed by atoms with E-state index in [-0.39, 0.29) is 23.9 Å². The summed E-state index contributed by atoms with van der Waals surface area (Å²) in [6.45, 7) is 4.30. The second-order valence-electron chi connectivity index (χ2n) is 8.54. The van der Waals surface area contributed by atoms with Crippen molar-refractivity contribution in [2.75, 3.05) is 7.05 Å². The van der Waals surface area contributed by atoms with Gasteiger partial charge in [-0.05, 0) is 12.1 Å². The molecule has 0 aromatic heterocycles. The van der Waals surface area contributed by atoms with E-state index in [4.69, 9.17) is 0 Å². The summed E-state index contributed by atoms with van der Waals surface area (Å²) < 4.78 is 0. The fourth-order valence-corrected chi connectivity index (χ4v) is 5.25. The Morgan fingerprint density at radius 2 is 1.10 bits per heavy atom. The zero-order valence-electron chi connectivity index (χ0n) is 17.9. The molecule has 2 nitrogen and oxygen atoms in total. The van der Waals surface area contributed by atoms with E-state index in [1.807, 2.05) is 42.5 Å². The first-order valence-corrected chi connectivity index (χ1v) is 10.8. The predicted molar refractivity (Wildman–Crippen MR) is 122 cm³/mol. The van der Waals surface area contributed by atoms with Crippen molar-refractivity contribution in [3.8, 4) is 11.8 Å². The highest BCUT2D eigenvalue weighted by Gasteiger charge is 2.56. The number of hydrogen-bond donors (Lipinski definition) is 2. The molecule has 0 unspecified atom stereocenters. The molecule has 3 aromatic rings. The predicted octanol–water partition coefficient (Wildman–Crippen LogP) is 4.05. The van der Waals surface area contributed by atoms with Crippen molar-refractivity contribution in [1.29, 1.82) is 0 Å². The summed E-state index contributed by atoms with van der Waals surface area (Å²) in [7, 11) is 2.26. The molecule has 1 heterocycles. The number of hydrogen-bond acceptors (Lipinski definition) is 1. The monoisotopic (exact) mass is 396 g/mol. The zero-order chi connectivity index (χ0) is 21.1. The first kappa shape index (κ1) is 20.4. The second kappa shape index (κ2) is 8.48. The van der Waals surface area contributed by atoms with Crippen LogP contribution in [0.3, 0.4) is 0 Å². The Morgan fingerprint density at radius 1 is 0.700 bits per heavy atom. The van der Waals surface area contributed by atoms with Crippen molar-refractivity contribution in [2.45, 2.75) is 31.5 Å². The molecule has 0 aliphatic carbocycles. The maximum absolute atomic E-state index is 12.1. The number of benzene rings is 3. The Balaban J connectivity index is 1.83. The molecule has 30 heavy (non-hydrogen) atoms. The van der Waals surface area contributed by atoms with E-state index in [9.17, 15) is 5.11 Å². The van der Waals surface area contributed by atoms with Crippen molar-refractivity contribution in [3.63, 3.8) is 0 Å². The van der Waals surface area contributed by atoms with Gasteiger partial charge >= 0.3 is 0 Å². The normalized spacial score (nSPS) is 30.9. The van der Waals surface area contributed by atoms with E-state index >= 15 is 0 Å². The smallest absolute Gasteiger partial charge is 0.142 e. The van der Waals surface area contributed by atoms with Gasteiger partial charge in [-0.2, -0.15) is 0 Å². The third-order valence-electron chi connectivity index (χ3n) is 6.87. The van der Waals surface area contributed by atoms with Crippen LogP contribution in [0.5, 0.6) is 0 Å². The highest BCUT2D eigenvalue weighted by atomic mass is 16.3. The molecule has 3 aromatic carbocycles. The van der Waals surface area contributed by atoms with Crippen LogP contribution in [0.4, 0.5) is 0 Å². The van der Waals surface area contributed by atoms with E-state index in [0.717, 1.165) is 5.56 Å². The summed E-state index contributed by atoms with van der Waals surface area (Å²) in [5.74, 6) is 6.55. The van der Waals surface area contributed by atoms with E-state index in [1.165, 1.54) is 16.0 Å². The summed E-state index contributed by atoms with van der Waals surface area (Å²) in [5.41, 5.74) is 2.32. The SMILES string of the molecule is C[C@H]1[C@@H](c2ccccc2)[NH+](C)[C@H](c2ccccc2)[C@H](C)C1(O)C#Cc1ccccc1. The topological polar surface area (TPSA) is 24.7 Å². The van der Waals surface area contributed by atoms with Crippen LogP contribution in [0.25, 0.3) is 0 Å². The minimum absolute atomic E-state index is 0.0222. The van der Waals surface area contributed by atoms with E-state index in [0.29, 0.717) is 0 Å². The molecular weight excluding hydrogens is 366 g/mol. The van der Waals surface area contributed by atoms with Gasteiger partial charge in [0.2, 0.25) is 0 Å². The van der Waals surface area contributed by atoms with Crippen LogP contribution in [0.2, 0.25) is 0 Å². The van der Waals surface area contributed by atoms with Crippen molar-refractivity contribution < 1.29 is 10.0 Å². The maximum Gasteiger partial charge on any atom is 0.142 e. The fourth-order valence-electron chi connectivity index (χ4n) is 5.25. The lowest BCUT2D eigenvalue weighted by Crippen LogP contribution is -3.13. The molecule has 0 spiro atoms. The van der Waals surface area contributed by atoms with E-state index in [1.54, 1.807) is 0 Å². The van der Waals surface area contributed by atoms with Gasteiger partial charge in [0, 0.05) is 16.7 Å². The van der Waals surface area contributed by atoms with E-state index < -0.39 is 5.60 Å². The molecule has 2 N–H and O–H groups in total. The van der Waals surface area contributed by atoms with Crippen LogP contribution in [0.15, 0.2) is 91.0 Å². The van der Waals surface area contributed by atoms with Gasteiger partial charge in [0.1, 0.15) is 17.7 Å². The number of aliphatic hydroxyl groups is 1. The Hall–Kier alpha value is -2.86. The van der Waals surface area contributed by atoms with Crippen LogP contribution in [0, 0.1) is 23.7 Å². The van der Waals surface area contributed by atoms with Crippen LogP contribution >= 0.6 is 0 Å². The van der Waals surface area contributed by atoms with Gasteiger partial charge in [-0.25, -0.2) is 0 Å². The second-order valence-corrected chi connectivity index (χ2v) is 8.54. The Labute approximate surface area is 180 Å². The third kappa shape index (κ3) is 3.67. The van der Waals surface area contributed by atoms with Gasteiger partial charge in [-0.1, -0.05) is 105 Å². The lowest BCUT2D eigenvalue weighted by molar-refractivity contribution is -0.961. The summed E-state index contributed by atoms with van der Waals surface area (Å²) >= 11 is 0. The number of likely N-dealkylation sites (tertiary alicyclic amines) is 1. The van der Waals surface area contributed by atoms with Crippen molar-refractivity contribution in [3.05, 3.63) is 108 Å². The van der Waals surface area contributed by atoms with Gasteiger partial charge in [0.25, 0.3) is 0 Å². The summed E-state index contributed by atoms with van der Waals surface area (Å²) in [4.78, 5) is 1.40. The quantitative estimate of drug-likeness (QED) is 0.628. The van der Waals surface area contributed by atoms with E-state index in [2.05, 4.69) is 81.3 Å². The molecule has 4 rings (SSSR count). The molecule has 0 radical (unpaired) electrons. The van der Waals surface area contributed by atoms with Crippen molar-refractivity contribution >= 4 is 0 Å². The zero-order valence-corrected chi connectivity index (χ0v) is 17.9. The molecule has 1 fully saturated rings. The van der Waals surface area contributed by atoms with Gasteiger partial charge in [0.15, 0.2) is 0 Å². The number of quaternary nitrogens is 1. The van der Waals surface area contributed by atoms with Crippen molar-refractivity contribution in [2.24, 2.45) is 11.8 Å². The summed E-state index contributed by atoms with van der Waals surface area (Å²) in [6, 6.07) is 31.4. The highest BCUT2D eigenvalue weighted by Crippen LogP contribution is 2.43.